The molecule has 0 fully saturated rings. The number of hydrogen-bond donors (Lipinski definition) is 4. The minimum absolute atomic E-state index is 0.103. The van der Waals surface area contributed by atoms with Gasteiger partial charge in [0.2, 0.25) is 0 Å². The second kappa shape index (κ2) is 6.54. The number of hydrogen-bond acceptors (Lipinski definition) is 4. The number of rotatable bonds is 6. The van der Waals surface area contributed by atoms with Crippen LogP contribution in [0.1, 0.15) is 12.8 Å². The van der Waals surface area contributed by atoms with Crippen LogP contribution in [0.25, 0.3) is 0 Å². The minimum Gasteiger partial charge on any atom is -0.396 e. The van der Waals surface area contributed by atoms with E-state index in [1.165, 1.54) is 0 Å². The Balaban J connectivity index is 3.66. The maximum Gasteiger partial charge on any atom is 0.0434 e. The third-order valence-electron chi connectivity index (χ3n) is 1.88. The molecule has 0 aromatic rings. The van der Waals surface area contributed by atoms with Gasteiger partial charge in [-0.15, -0.1) is 0 Å². The van der Waals surface area contributed by atoms with Crippen LogP contribution < -0.4 is 11.5 Å². The van der Waals surface area contributed by atoms with Crippen molar-refractivity contribution in [3.8, 4) is 0 Å². The molecule has 0 bridgehead atoms. The summed E-state index contributed by atoms with van der Waals surface area (Å²) in [5.74, 6) is 0.148. The molecular weight excluding hydrogens is 144 g/mol. The number of aliphatic hydroxyl groups excluding tert-OH is 2. The minimum atomic E-state index is -0.103. The van der Waals surface area contributed by atoms with Crippen LogP contribution >= 0.6 is 0 Å². The fourth-order valence-electron chi connectivity index (χ4n) is 1.10. The van der Waals surface area contributed by atoms with E-state index in [4.69, 9.17) is 21.7 Å². The van der Waals surface area contributed by atoms with Gasteiger partial charge in [-0.2, -0.15) is 0 Å². The fourth-order valence-corrected chi connectivity index (χ4v) is 1.10. The van der Waals surface area contributed by atoms with Crippen LogP contribution in [-0.2, 0) is 0 Å². The highest BCUT2D eigenvalue weighted by Gasteiger charge is 2.14. The quantitative estimate of drug-likeness (QED) is 0.388. The molecule has 11 heavy (non-hydrogen) atoms. The highest BCUT2D eigenvalue weighted by Crippen LogP contribution is 2.10. The molecule has 0 radical (unpaired) electrons. The summed E-state index contributed by atoms with van der Waals surface area (Å²) in [7, 11) is 0. The summed E-state index contributed by atoms with van der Waals surface area (Å²) in [4.78, 5) is 0. The van der Waals surface area contributed by atoms with E-state index in [0.717, 1.165) is 0 Å². The molecule has 0 rings (SSSR count). The van der Waals surface area contributed by atoms with Gasteiger partial charge in [-0.1, -0.05) is 0 Å². The van der Waals surface area contributed by atoms with Gasteiger partial charge in [0, 0.05) is 25.8 Å². The first-order valence-corrected chi connectivity index (χ1v) is 3.93. The Morgan fingerprint density at radius 2 is 1.55 bits per heavy atom. The second-order valence-corrected chi connectivity index (χ2v) is 2.68. The predicted molar refractivity (Wildman–Crippen MR) is 43.9 cm³/mol. The van der Waals surface area contributed by atoms with Crippen molar-refractivity contribution >= 4 is 0 Å². The normalized spacial score (nSPS) is 13.9. The lowest BCUT2D eigenvalue weighted by Crippen LogP contribution is -2.38. The van der Waals surface area contributed by atoms with Gasteiger partial charge in [0.25, 0.3) is 0 Å². The molecule has 0 heterocycles. The van der Waals surface area contributed by atoms with Crippen LogP contribution in [0.4, 0.5) is 0 Å². The van der Waals surface area contributed by atoms with Crippen molar-refractivity contribution in [2.75, 3.05) is 19.8 Å². The molecule has 0 aliphatic heterocycles. The van der Waals surface area contributed by atoms with Crippen molar-refractivity contribution < 1.29 is 10.2 Å². The Morgan fingerprint density at radius 1 is 1.09 bits per heavy atom. The highest BCUT2D eigenvalue weighted by atomic mass is 16.3. The summed E-state index contributed by atoms with van der Waals surface area (Å²) in [6.45, 7) is 0.626. The fraction of sp³-hybridized carbons (Fsp3) is 1.00. The number of aliphatic hydroxyl groups is 2. The summed E-state index contributed by atoms with van der Waals surface area (Å²) in [6.07, 6.45) is 1.25. The summed E-state index contributed by atoms with van der Waals surface area (Å²) in [6, 6.07) is -0.103. The molecule has 0 saturated heterocycles. The van der Waals surface area contributed by atoms with E-state index in [1.807, 2.05) is 0 Å². The van der Waals surface area contributed by atoms with Crippen molar-refractivity contribution in [3.63, 3.8) is 0 Å². The first-order valence-electron chi connectivity index (χ1n) is 3.93. The van der Waals surface area contributed by atoms with Crippen molar-refractivity contribution in [2.45, 2.75) is 18.9 Å². The Bertz CT molecular complexity index is 84.5. The average molecular weight is 162 g/mol. The van der Waals surface area contributed by atoms with Gasteiger partial charge in [0.15, 0.2) is 0 Å². The molecule has 4 nitrogen and oxygen atoms in total. The van der Waals surface area contributed by atoms with Crippen LogP contribution in [0.3, 0.4) is 0 Å². The first kappa shape index (κ1) is 10.8. The van der Waals surface area contributed by atoms with Gasteiger partial charge >= 0.3 is 0 Å². The van der Waals surface area contributed by atoms with Gasteiger partial charge < -0.3 is 21.7 Å². The molecule has 0 aliphatic rings. The van der Waals surface area contributed by atoms with E-state index in [0.29, 0.717) is 19.4 Å². The van der Waals surface area contributed by atoms with Crippen LogP contribution in [-0.4, -0.2) is 36.0 Å². The average Bonchev–Trinajstić information content (AvgIpc) is 2.03. The zero-order valence-corrected chi connectivity index (χ0v) is 6.74. The Kier molecular flexibility index (Phi) is 6.45. The largest absolute Gasteiger partial charge is 0.396 e. The molecule has 68 valence electrons. The van der Waals surface area contributed by atoms with Gasteiger partial charge in [-0.25, -0.2) is 0 Å². The maximum absolute atomic E-state index is 8.63. The van der Waals surface area contributed by atoms with Gasteiger partial charge in [0.1, 0.15) is 0 Å². The Hall–Kier alpha value is -0.160. The molecule has 6 N–H and O–H groups in total. The van der Waals surface area contributed by atoms with E-state index < -0.39 is 0 Å². The molecule has 0 aliphatic carbocycles. The van der Waals surface area contributed by atoms with Crippen molar-refractivity contribution in [1.29, 1.82) is 0 Å². The van der Waals surface area contributed by atoms with Gasteiger partial charge in [-0.3, -0.25) is 0 Å². The summed E-state index contributed by atoms with van der Waals surface area (Å²) in [5.41, 5.74) is 11.0. The lowest BCUT2D eigenvalue weighted by molar-refractivity contribution is 0.200. The number of nitrogens with two attached hydrogens (primary N) is 2. The lowest BCUT2D eigenvalue weighted by atomic mass is 9.94. The zero-order valence-electron chi connectivity index (χ0n) is 6.74. The second-order valence-electron chi connectivity index (χ2n) is 2.68. The lowest BCUT2D eigenvalue weighted by Gasteiger charge is -2.20. The first-order chi connectivity index (χ1) is 5.26. The summed E-state index contributed by atoms with van der Waals surface area (Å²) >= 11 is 0. The third-order valence-corrected chi connectivity index (χ3v) is 1.88. The van der Waals surface area contributed by atoms with Crippen molar-refractivity contribution in [2.24, 2.45) is 17.4 Å². The molecule has 0 amide bonds. The molecular formula is C7H18N2O2. The van der Waals surface area contributed by atoms with Gasteiger partial charge in [0.05, 0.1) is 0 Å². The van der Waals surface area contributed by atoms with E-state index in [-0.39, 0.29) is 25.2 Å². The molecule has 0 aromatic carbocycles. The van der Waals surface area contributed by atoms with E-state index >= 15 is 0 Å². The summed E-state index contributed by atoms with van der Waals surface area (Å²) in [5, 5.41) is 17.3. The van der Waals surface area contributed by atoms with E-state index in [2.05, 4.69) is 0 Å². The smallest absolute Gasteiger partial charge is 0.0434 e. The van der Waals surface area contributed by atoms with E-state index in [9.17, 15) is 0 Å². The highest BCUT2D eigenvalue weighted by molar-refractivity contribution is 4.73. The monoisotopic (exact) mass is 162 g/mol. The third kappa shape index (κ3) is 4.31. The molecule has 0 aromatic heterocycles. The molecule has 4 heteroatoms. The molecule has 1 unspecified atom stereocenters. The summed E-state index contributed by atoms with van der Waals surface area (Å²) < 4.78 is 0. The van der Waals surface area contributed by atoms with Gasteiger partial charge in [-0.05, 0) is 18.8 Å². The predicted octanol–water partition coefficient (Wildman–Crippen LogP) is -1.35. The van der Waals surface area contributed by atoms with Crippen LogP contribution in [0.5, 0.6) is 0 Å². The Morgan fingerprint density at radius 3 is 1.82 bits per heavy atom. The van der Waals surface area contributed by atoms with Crippen LogP contribution in [0, 0.1) is 5.92 Å². The molecule has 0 saturated carbocycles. The van der Waals surface area contributed by atoms with Crippen LogP contribution in [0.2, 0.25) is 0 Å². The topological polar surface area (TPSA) is 92.5 Å². The standard InChI is InChI=1S/C7H18N2O2/c8-5-7(9)6(1-3-10)2-4-11/h6-7,10-11H,1-5,8-9H2. The Labute approximate surface area is 67.2 Å². The van der Waals surface area contributed by atoms with Crippen LogP contribution in [0.15, 0.2) is 0 Å². The molecule has 0 spiro atoms. The van der Waals surface area contributed by atoms with Crippen molar-refractivity contribution in [3.05, 3.63) is 0 Å². The van der Waals surface area contributed by atoms with Crippen molar-refractivity contribution in [1.82, 2.24) is 0 Å². The van der Waals surface area contributed by atoms with E-state index in [1.54, 1.807) is 0 Å². The molecule has 1 atom stereocenters. The zero-order chi connectivity index (χ0) is 8.69. The SMILES string of the molecule is NCC(N)C(CCO)CCO. The maximum atomic E-state index is 8.63.